The summed E-state index contributed by atoms with van der Waals surface area (Å²) in [5.41, 5.74) is -0.0831. The quantitative estimate of drug-likeness (QED) is 0.0873. The average Bonchev–Trinajstić information content (AvgIpc) is 3.03. The van der Waals surface area contributed by atoms with Crippen LogP contribution >= 0.6 is 0 Å². The molecule has 0 atom stereocenters. The molecule has 48 heavy (non-hydrogen) atoms. The summed E-state index contributed by atoms with van der Waals surface area (Å²) in [4.78, 5) is 0. The van der Waals surface area contributed by atoms with Gasteiger partial charge in [-0.3, -0.25) is 0 Å². The van der Waals surface area contributed by atoms with E-state index in [0.29, 0.717) is 12.0 Å². The SMILES string of the molecule is CCCCCC1CCC(c2ccc(-c3ccc(-c4cc(F)c(C=CC(F)(F)Oc5cc(F)c(F)c(F)c5)c(F)c4)c(F)c3)c(F)c2)CC1. The molecule has 0 saturated heterocycles. The summed E-state index contributed by atoms with van der Waals surface area (Å²) >= 11 is 0. The van der Waals surface area contributed by atoms with Crippen molar-refractivity contribution >= 4 is 6.08 Å². The molecular weight excluding hydrogens is 643 g/mol. The highest BCUT2D eigenvalue weighted by Gasteiger charge is 2.30. The Bertz CT molecular complexity index is 1750. The lowest BCUT2D eigenvalue weighted by Crippen LogP contribution is -2.21. The van der Waals surface area contributed by atoms with Gasteiger partial charge in [-0.05, 0) is 84.6 Å². The second-order valence-electron chi connectivity index (χ2n) is 12.2. The van der Waals surface area contributed by atoms with Crippen LogP contribution in [-0.2, 0) is 0 Å². The van der Waals surface area contributed by atoms with Crippen LogP contribution < -0.4 is 4.74 Å². The fraction of sp³-hybridized carbons (Fsp3) is 0.316. The average molecular weight is 677 g/mol. The highest BCUT2D eigenvalue weighted by atomic mass is 19.3. The molecule has 0 heterocycles. The molecule has 0 bridgehead atoms. The van der Waals surface area contributed by atoms with E-state index in [-0.39, 0.29) is 46.4 Å². The van der Waals surface area contributed by atoms with E-state index in [0.717, 1.165) is 49.4 Å². The van der Waals surface area contributed by atoms with E-state index in [1.165, 1.54) is 43.9 Å². The summed E-state index contributed by atoms with van der Waals surface area (Å²) in [5, 5.41) is 0. The highest BCUT2D eigenvalue weighted by molar-refractivity contribution is 5.72. The number of ether oxygens (including phenoxy) is 1. The number of alkyl halides is 2. The van der Waals surface area contributed by atoms with Crippen molar-refractivity contribution in [2.75, 3.05) is 0 Å². The normalized spacial score (nSPS) is 16.9. The first-order chi connectivity index (χ1) is 22.8. The minimum atomic E-state index is -4.31. The third-order valence-corrected chi connectivity index (χ3v) is 8.85. The van der Waals surface area contributed by atoms with Gasteiger partial charge in [-0.15, -0.1) is 0 Å². The number of unbranched alkanes of at least 4 members (excludes halogenated alkanes) is 2. The van der Waals surface area contributed by atoms with Crippen LogP contribution in [0.15, 0.2) is 66.7 Å². The Morgan fingerprint density at radius 3 is 1.85 bits per heavy atom. The number of hydrogen-bond acceptors (Lipinski definition) is 1. The molecule has 1 saturated carbocycles. The minimum Gasteiger partial charge on any atom is -0.429 e. The van der Waals surface area contributed by atoms with Crippen molar-refractivity contribution in [1.29, 1.82) is 0 Å². The van der Waals surface area contributed by atoms with Crippen LogP contribution in [0.2, 0.25) is 0 Å². The Hall–Kier alpha value is -4.21. The van der Waals surface area contributed by atoms with Gasteiger partial charge in [-0.2, -0.15) is 8.78 Å². The van der Waals surface area contributed by atoms with Gasteiger partial charge in [0, 0.05) is 34.9 Å². The molecule has 10 heteroatoms. The molecule has 254 valence electrons. The molecule has 4 aromatic carbocycles. The number of halogens is 9. The number of hydrogen-bond donors (Lipinski definition) is 0. The van der Waals surface area contributed by atoms with Crippen LogP contribution in [0.4, 0.5) is 39.5 Å². The Labute approximate surface area is 273 Å². The maximum atomic E-state index is 15.3. The van der Waals surface area contributed by atoms with E-state index < -0.39 is 58.1 Å². The van der Waals surface area contributed by atoms with Gasteiger partial charge in [0.2, 0.25) is 0 Å². The predicted octanol–water partition coefficient (Wildman–Crippen LogP) is 12.5. The molecule has 0 N–H and O–H groups in total. The Balaban J connectivity index is 1.28. The maximum Gasteiger partial charge on any atom is 0.419 e. The van der Waals surface area contributed by atoms with Gasteiger partial charge in [0.05, 0.1) is 0 Å². The molecule has 1 nitrogen and oxygen atoms in total. The van der Waals surface area contributed by atoms with Gasteiger partial charge in [0.1, 0.15) is 29.0 Å². The van der Waals surface area contributed by atoms with E-state index in [1.807, 2.05) is 6.07 Å². The van der Waals surface area contributed by atoms with Crippen LogP contribution in [0.3, 0.4) is 0 Å². The van der Waals surface area contributed by atoms with Crippen LogP contribution in [0, 0.1) is 46.6 Å². The fourth-order valence-corrected chi connectivity index (χ4v) is 6.27. The summed E-state index contributed by atoms with van der Waals surface area (Å²) in [7, 11) is 0. The molecule has 0 aromatic heterocycles. The van der Waals surface area contributed by atoms with Crippen LogP contribution in [0.25, 0.3) is 28.3 Å². The van der Waals surface area contributed by atoms with Crippen molar-refractivity contribution in [2.24, 2.45) is 5.92 Å². The lowest BCUT2D eigenvalue weighted by atomic mass is 9.77. The van der Waals surface area contributed by atoms with Gasteiger partial charge in [-0.25, -0.2) is 30.7 Å². The molecular formula is C38H33F9O. The summed E-state index contributed by atoms with van der Waals surface area (Å²) in [6.45, 7) is 2.19. The van der Waals surface area contributed by atoms with Crippen LogP contribution in [-0.4, -0.2) is 6.11 Å². The molecule has 5 rings (SSSR count). The molecule has 0 aliphatic heterocycles. The topological polar surface area (TPSA) is 9.23 Å². The molecule has 0 unspecified atom stereocenters. The van der Waals surface area contributed by atoms with Crippen molar-refractivity contribution in [3.05, 3.63) is 119 Å². The Morgan fingerprint density at radius 1 is 0.667 bits per heavy atom. The molecule has 0 spiro atoms. The third-order valence-electron chi connectivity index (χ3n) is 8.85. The standard InChI is InChI=1S/C38H33F9O/c1-2-3-4-5-22-6-8-23(9-7-22)24-10-12-28(31(39)16-24)25-11-13-29(32(40)17-25)26-18-33(41)30(34(42)19-26)14-15-38(46,47)48-27-20-35(43)37(45)36(44)21-27/h10-23H,2-9H2,1H3. The van der Waals surface area contributed by atoms with Crippen molar-refractivity contribution in [3.63, 3.8) is 0 Å². The van der Waals surface area contributed by atoms with E-state index in [1.54, 1.807) is 6.07 Å². The fourth-order valence-electron chi connectivity index (χ4n) is 6.27. The summed E-state index contributed by atoms with van der Waals surface area (Å²) < 4.78 is 133. The lowest BCUT2D eigenvalue weighted by molar-refractivity contribution is -0.131. The Kier molecular flexibility index (Phi) is 10.9. The first-order valence-corrected chi connectivity index (χ1v) is 15.8. The number of rotatable bonds is 11. The Morgan fingerprint density at radius 2 is 1.25 bits per heavy atom. The highest BCUT2D eigenvalue weighted by Crippen LogP contribution is 2.39. The van der Waals surface area contributed by atoms with Gasteiger partial charge in [0.15, 0.2) is 17.5 Å². The van der Waals surface area contributed by atoms with Gasteiger partial charge in [-0.1, -0.05) is 56.9 Å². The lowest BCUT2D eigenvalue weighted by Gasteiger charge is -2.29. The zero-order valence-corrected chi connectivity index (χ0v) is 26.0. The summed E-state index contributed by atoms with van der Waals surface area (Å²) in [5.74, 6) is -9.57. The molecule has 0 amide bonds. The zero-order valence-electron chi connectivity index (χ0n) is 26.0. The molecule has 1 aliphatic rings. The largest absolute Gasteiger partial charge is 0.429 e. The molecule has 4 aromatic rings. The molecule has 1 aliphatic carbocycles. The van der Waals surface area contributed by atoms with Gasteiger partial charge < -0.3 is 4.74 Å². The zero-order chi connectivity index (χ0) is 34.6. The predicted molar refractivity (Wildman–Crippen MR) is 167 cm³/mol. The van der Waals surface area contributed by atoms with Gasteiger partial charge in [0.25, 0.3) is 0 Å². The summed E-state index contributed by atoms with van der Waals surface area (Å²) in [6, 6.07) is 10.5. The van der Waals surface area contributed by atoms with E-state index in [2.05, 4.69) is 11.7 Å². The van der Waals surface area contributed by atoms with Crippen molar-refractivity contribution < 1.29 is 44.3 Å². The monoisotopic (exact) mass is 676 g/mol. The van der Waals surface area contributed by atoms with Crippen molar-refractivity contribution in [1.82, 2.24) is 0 Å². The van der Waals surface area contributed by atoms with E-state index in [4.69, 9.17) is 0 Å². The van der Waals surface area contributed by atoms with Crippen molar-refractivity contribution in [3.8, 4) is 28.0 Å². The van der Waals surface area contributed by atoms with Crippen molar-refractivity contribution in [2.45, 2.75) is 70.3 Å². The first kappa shape index (κ1) is 35.1. The van der Waals surface area contributed by atoms with Gasteiger partial charge >= 0.3 is 6.11 Å². The molecule has 1 fully saturated rings. The first-order valence-electron chi connectivity index (χ1n) is 15.8. The van der Waals surface area contributed by atoms with E-state index >= 15 is 8.78 Å². The second kappa shape index (κ2) is 14.9. The van der Waals surface area contributed by atoms with Crippen LogP contribution in [0.1, 0.15) is 75.3 Å². The molecule has 0 radical (unpaired) electrons. The van der Waals surface area contributed by atoms with Crippen LogP contribution in [0.5, 0.6) is 5.75 Å². The second-order valence-corrected chi connectivity index (χ2v) is 12.2. The summed E-state index contributed by atoms with van der Waals surface area (Å²) in [6.07, 6.45) is 5.10. The maximum absolute atomic E-state index is 15.3. The number of benzene rings is 4. The third kappa shape index (κ3) is 8.25. The minimum absolute atomic E-state index is 0.0673. The van der Waals surface area contributed by atoms with E-state index in [9.17, 15) is 30.7 Å². The smallest absolute Gasteiger partial charge is 0.419 e.